The zero-order valence-electron chi connectivity index (χ0n) is 8.97. The van der Waals surface area contributed by atoms with E-state index in [2.05, 4.69) is 0 Å². The number of hydrogen-bond acceptors (Lipinski definition) is 1. The van der Waals surface area contributed by atoms with Gasteiger partial charge in [0.05, 0.1) is 5.56 Å². The molecule has 0 radical (unpaired) electrons. The van der Waals surface area contributed by atoms with Gasteiger partial charge in [-0.25, -0.2) is 4.79 Å². The van der Waals surface area contributed by atoms with Crippen LogP contribution in [0.5, 0.6) is 0 Å². The molecule has 0 amide bonds. The number of rotatable bonds is 2. The van der Waals surface area contributed by atoms with Gasteiger partial charge in [0.1, 0.15) is 0 Å². The summed E-state index contributed by atoms with van der Waals surface area (Å²) in [6.45, 7) is 1.89. The van der Waals surface area contributed by atoms with Crippen molar-refractivity contribution in [2.45, 2.75) is 6.92 Å². The van der Waals surface area contributed by atoms with Gasteiger partial charge in [-0.2, -0.15) is 0 Å². The molecule has 80 valence electrons. The third-order valence-corrected chi connectivity index (χ3v) is 2.49. The van der Waals surface area contributed by atoms with Crippen molar-refractivity contribution in [2.75, 3.05) is 0 Å². The van der Waals surface area contributed by atoms with Gasteiger partial charge in [-0.15, -0.1) is 0 Å². The van der Waals surface area contributed by atoms with Crippen LogP contribution < -0.4 is 0 Å². The first kappa shape index (κ1) is 10.4. The van der Waals surface area contributed by atoms with Crippen LogP contribution in [0.3, 0.4) is 0 Å². The Morgan fingerprint density at radius 1 is 1.06 bits per heavy atom. The molecule has 0 aliphatic rings. The molecular weight excluding hydrogens is 200 g/mol. The second kappa shape index (κ2) is 4.19. The topological polar surface area (TPSA) is 37.3 Å². The number of carbonyl (C=O) groups is 1. The molecule has 1 N–H and O–H groups in total. The van der Waals surface area contributed by atoms with Gasteiger partial charge in [-0.3, -0.25) is 0 Å². The van der Waals surface area contributed by atoms with Crippen LogP contribution in [0, 0.1) is 6.92 Å². The second-order valence-corrected chi connectivity index (χ2v) is 3.72. The Labute approximate surface area is 94.2 Å². The molecule has 0 aliphatic heterocycles. The number of aryl methyl sites for hydroxylation is 1. The predicted octanol–water partition coefficient (Wildman–Crippen LogP) is 3.36. The molecule has 2 heteroatoms. The maximum Gasteiger partial charge on any atom is 0.336 e. The van der Waals surface area contributed by atoms with E-state index in [1.165, 1.54) is 0 Å². The average Bonchev–Trinajstić information content (AvgIpc) is 2.30. The van der Waals surface area contributed by atoms with Gasteiger partial charge in [0.25, 0.3) is 0 Å². The van der Waals surface area contributed by atoms with E-state index in [4.69, 9.17) is 5.11 Å². The van der Waals surface area contributed by atoms with Crippen LogP contribution in [-0.4, -0.2) is 11.1 Å². The molecule has 0 atom stereocenters. The Morgan fingerprint density at radius 3 is 2.38 bits per heavy atom. The molecule has 0 saturated heterocycles. The van der Waals surface area contributed by atoms with Crippen molar-refractivity contribution in [3.05, 3.63) is 59.7 Å². The number of carboxylic acids is 1. The van der Waals surface area contributed by atoms with Crippen LogP contribution in [0.1, 0.15) is 15.9 Å². The van der Waals surface area contributed by atoms with Crippen molar-refractivity contribution in [3.63, 3.8) is 0 Å². The Morgan fingerprint density at radius 2 is 1.75 bits per heavy atom. The summed E-state index contributed by atoms with van der Waals surface area (Å²) in [6.07, 6.45) is 0. The van der Waals surface area contributed by atoms with Gasteiger partial charge in [0.2, 0.25) is 0 Å². The first-order valence-electron chi connectivity index (χ1n) is 5.08. The van der Waals surface area contributed by atoms with E-state index < -0.39 is 5.97 Å². The summed E-state index contributed by atoms with van der Waals surface area (Å²) < 4.78 is 0. The summed E-state index contributed by atoms with van der Waals surface area (Å²) in [6, 6.07) is 15.0. The Balaban J connectivity index is 2.61. The lowest BCUT2D eigenvalue weighted by molar-refractivity contribution is 0.0697. The van der Waals surface area contributed by atoms with Gasteiger partial charge in [0, 0.05) is 0 Å². The minimum Gasteiger partial charge on any atom is -0.478 e. The van der Waals surface area contributed by atoms with E-state index >= 15 is 0 Å². The van der Waals surface area contributed by atoms with Gasteiger partial charge in [0.15, 0.2) is 0 Å². The molecule has 0 spiro atoms. The highest BCUT2D eigenvalue weighted by Gasteiger charge is 2.11. The summed E-state index contributed by atoms with van der Waals surface area (Å²) in [4.78, 5) is 11.1. The van der Waals surface area contributed by atoms with Crippen molar-refractivity contribution < 1.29 is 9.90 Å². The minimum atomic E-state index is -0.887. The van der Waals surface area contributed by atoms with E-state index in [0.29, 0.717) is 5.56 Å². The van der Waals surface area contributed by atoms with E-state index in [1.54, 1.807) is 6.07 Å². The summed E-state index contributed by atoms with van der Waals surface area (Å²) in [5, 5.41) is 9.15. The minimum absolute atomic E-state index is 0.353. The average molecular weight is 212 g/mol. The molecule has 0 fully saturated rings. The van der Waals surface area contributed by atoms with Gasteiger partial charge >= 0.3 is 5.97 Å². The molecule has 0 bridgehead atoms. The van der Waals surface area contributed by atoms with Gasteiger partial charge in [-0.05, 0) is 24.1 Å². The SMILES string of the molecule is Cc1ccc(-c2ccccc2)c(C(=O)O)c1. The van der Waals surface area contributed by atoms with Gasteiger partial charge in [-0.1, -0.05) is 48.0 Å². The molecule has 2 nitrogen and oxygen atoms in total. The first-order valence-corrected chi connectivity index (χ1v) is 5.08. The van der Waals surface area contributed by atoms with Crippen LogP contribution in [0.2, 0.25) is 0 Å². The largest absolute Gasteiger partial charge is 0.478 e. The molecule has 2 aromatic rings. The Bertz CT molecular complexity index is 516. The van der Waals surface area contributed by atoms with Crippen LogP contribution >= 0.6 is 0 Å². The molecule has 0 unspecified atom stereocenters. The van der Waals surface area contributed by atoms with Gasteiger partial charge < -0.3 is 5.11 Å². The molecule has 2 rings (SSSR count). The van der Waals surface area contributed by atoms with E-state index in [0.717, 1.165) is 16.7 Å². The van der Waals surface area contributed by atoms with E-state index in [-0.39, 0.29) is 0 Å². The van der Waals surface area contributed by atoms with Crippen molar-refractivity contribution >= 4 is 5.97 Å². The zero-order chi connectivity index (χ0) is 11.5. The molecule has 0 aromatic heterocycles. The highest BCUT2D eigenvalue weighted by atomic mass is 16.4. The van der Waals surface area contributed by atoms with Crippen LogP contribution in [-0.2, 0) is 0 Å². The summed E-state index contributed by atoms with van der Waals surface area (Å²) >= 11 is 0. The third-order valence-electron chi connectivity index (χ3n) is 2.49. The fourth-order valence-corrected chi connectivity index (χ4v) is 1.70. The van der Waals surface area contributed by atoms with Crippen LogP contribution in [0.15, 0.2) is 48.5 Å². The lowest BCUT2D eigenvalue weighted by Gasteiger charge is -2.07. The molecule has 16 heavy (non-hydrogen) atoms. The predicted molar refractivity (Wildman–Crippen MR) is 63.6 cm³/mol. The number of hydrogen-bond donors (Lipinski definition) is 1. The molecule has 0 aliphatic carbocycles. The Kier molecular flexibility index (Phi) is 2.73. The maximum absolute atomic E-state index is 11.1. The Hall–Kier alpha value is -2.09. The summed E-state index contributed by atoms with van der Waals surface area (Å²) in [7, 11) is 0. The van der Waals surface area contributed by atoms with Crippen molar-refractivity contribution in [3.8, 4) is 11.1 Å². The standard InChI is InChI=1S/C14H12O2/c1-10-7-8-12(13(9-10)14(15)16)11-5-3-2-4-6-11/h2-9H,1H3,(H,15,16). The normalized spacial score (nSPS) is 10.1. The summed E-state index contributed by atoms with van der Waals surface area (Å²) in [5.41, 5.74) is 3.00. The monoisotopic (exact) mass is 212 g/mol. The highest BCUT2D eigenvalue weighted by molar-refractivity contribution is 5.96. The molecular formula is C14H12O2. The fourth-order valence-electron chi connectivity index (χ4n) is 1.70. The van der Waals surface area contributed by atoms with Crippen LogP contribution in [0.25, 0.3) is 11.1 Å². The third kappa shape index (κ3) is 1.96. The maximum atomic E-state index is 11.1. The number of carboxylic acid groups (broad SMARTS) is 1. The van der Waals surface area contributed by atoms with E-state index in [1.807, 2.05) is 49.4 Å². The number of benzene rings is 2. The lowest BCUT2D eigenvalue weighted by atomic mass is 9.98. The molecule has 0 heterocycles. The van der Waals surface area contributed by atoms with Crippen molar-refractivity contribution in [1.29, 1.82) is 0 Å². The molecule has 0 saturated carbocycles. The van der Waals surface area contributed by atoms with Crippen molar-refractivity contribution in [1.82, 2.24) is 0 Å². The van der Waals surface area contributed by atoms with E-state index in [9.17, 15) is 4.79 Å². The smallest absolute Gasteiger partial charge is 0.336 e. The second-order valence-electron chi connectivity index (χ2n) is 3.72. The number of aromatic carboxylic acids is 1. The summed E-state index contributed by atoms with van der Waals surface area (Å²) in [5.74, 6) is -0.887. The highest BCUT2D eigenvalue weighted by Crippen LogP contribution is 2.24. The quantitative estimate of drug-likeness (QED) is 0.828. The molecule has 2 aromatic carbocycles. The lowest BCUT2D eigenvalue weighted by Crippen LogP contribution is -1.99. The zero-order valence-corrected chi connectivity index (χ0v) is 8.97. The van der Waals surface area contributed by atoms with Crippen LogP contribution in [0.4, 0.5) is 0 Å². The fraction of sp³-hybridized carbons (Fsp3) is 0.0714. The van der Waals surface area contributed by atoms with Crippen molar-refractivity contribution in [2.24, 2.45) is 0 Å². The first-order chi connectivity index (χ1) is 7.68.